The number of aromatic nitrogens is 1. The zero-order valence-corrected chi connectivity index (χ0v) is 11.5. The van der Waals surface area contributed by atoms with Crippen LogP contribution in [0.2, 0.25) is 0 Å². The predicted octanol–water partition coefficient (Wildman–Crippen LogP) is 4.04. The Hall–Kier alpha value is -2.14. The van der Waals surface area contributed by atoms with Gasteiger partial charge in [-0.2, -0.15) is 5.10 Å². The summed E-state index contributed by atoms with van der Waals surface area (Å²) < 4.78 is 5.98. The first kappa shape index (κ1) is 11.9. The molecule has 0 aliphatic heterocycles. The Bertz CT molecular complexity index is 736. The lowest BCUT2D eigenvalue weighted by Gasteiger charge is -2.01. The summed E-state index contributed by atoms with van der Waals surface area (Å²) >= 11 is 3.24. The van der Waals surface area contributed by atoms with Crippen molar-refractivity contribution in [3.8, 4) is 0 Å². The van der Waals surface area contributed by atoms with Gasteiger partial charge in [-0.05, 0) is 46.3 Å². The van der Waals surface area contributed by atoms with E-state index in [-0.39, 0.29) is 0 Å². The van der Waals surface area contributed by atoms with Crippen LogP contribution in [0.5, 0.6) is 0 Å². The monoisotopic (exact) mass is 315 g/mol. The first-order valence-electron chi connectivity index (χ1n) is 5.71. The van der Waals surface area contributed by atoms with Crippen LogP contribution in [0.3, 0.4) is 0 Å². The number of rotatable bonds is 3. The summed E-state index contributed by atoms with van der Waals surface area (Å²) in [6.45, 7) is 0. The highest BCUT2D eigenvalue weighted by atomic mass is 79.9. The van der Waals surface area contributed by atoms with Gasteiger partial charge >= 0.3 is 0 Å². The Balaban J connectivity index is 1.76. The van der Waals surface area contributed by atoms with Crippen LogP contribution in [0, 0.1) is 0 Å². The number of para-hydroxylation sites is 1. The highest BCUT2D eigenvalue weighted by Gasteiger charge is 1.97. The third-order valence-corrected chi connectivity index (χ3v) is 2.99. The molecule has 0 spiro atoms. The smallest absolute Gasteiger partial charge is 0.169 e. The van der Waals surface area contributed by atoms with Crippen LogP contribution >= 0.6 is 15.9 Å². The van der Waals surface area contributed by atoms with E-state index in [1.165, 1.54) is 0 Å². The molecule has 94 valence electrons. The van der Waals surface area contributed by atoms with Crippen LogP contribution in [-0.4, -0.2) is 11.2 Å². The fourth-order valence-electron chi connectivity index (χ4n) is 1.69. The molecular formula is C14H10BrN3O. The quantitative estimate of drug-likeness (QED) is 0.586. The molecule has 1 aromatic carbocycles. The second-order valence-corrected chi connectivity index (χ2v) is 4.68. The number of halogens is 1. The second kappa shape index (κ2) is 5.24. The molecule has 0 saturated carbocycles. The lowest BCUT2D eigenvalue weighted by Crippen LogP contribution is -1.93. The van der Waals surface area contributed by atoms with Gasteiger partial charge in [0.15, 0.2) is 4.67 Å². The summed E-state index contributed by atoms with van der Waals surface area (Å²) in [7, 11) is 0. The van der Waals surface area contributed by atoms with Crippen molar-refractivity contribution >= 4 is 38.9 Å². The van der Waals surface area contributed by atoms with E-state index in [1.54, 1.807) is 6.21 Å². The molecule has 0 aliphatic carbocycles. The molecule has 0 aliphatic rings. The molecule has 0 unspecified atom stereocenters. The molecule has 3 aromatic rings. The fourth-order valence-corrected chi connectivity index (χ4v) is 2.01. The molecule has 19 heavy (non-hydrogen) atoms. The van der Waals surface area contributed by atoms with Crippen molar-refractivity contribution in [2.45, 2.75) is 0 Å². The molecule has 5 heteroatoms. The van der Waals surface area contributed by atoms with Gasteiger partial charge in [-0.1, -0.05) is 18.2 Å². The largest absolute Gasteiger partial charge is 0.448 e. The Morgan fingerprint density at radius 3 is 2.84 bits per heavy atom. The summed E-state index contributed by atoms with van der Waals surface area (Å²) in [4.78, 5) is 4.45. The fraction of sp³-hybridized carbons (Fsp3) is 0. The topological polar surface area (TPSA) is 50.4 Å². The van der Waals surface area contributed by atoms with Gasteiger partial charge in [-0.25, -0.2) is 4.98 Å². The van der Waals surface area contributed by atoms with Gasteiger partial charge in [0, 0.05) is 5.39 Å². The van der Waals surface area contributed by atoms with Crippen molar-refractivity contribution in [2.75, 3.05) is 5.43 Å². The van der Waals surface area contributed by atoms with Crippen molar-refractivity contribution < 1.29 is 4.42 Å². The van der Waals surface area contributed by atoms with Crippen molar-refractivity contribution in [3.63, 3.8) is 0 Å². The first-order chi connectivity index (χ1) is 9.31. The van der Waals surface area contributed by atoms with E-state index in [0.29, 0.717) is 16.2 Å². The van der Waals surface area contributed by atoms with Gasteiger partial charge in [0.25, 0.3) is 0 Å². The normalized spacial score (nSPS) is 11.2. The number of furan rings is 1. The molecule has 3 rings (SSSR count). The highest BCUT2D eigenvalue weighted by molar-refractivity contribution is 9.10. The molecule has 0 radical (unpaired) electrons. The molecule has 0 amide bonds. The molecule has 2 heterocycles. The van der Waals surface area contributed by atoms with Gasteiger partial charge < -0.3 is 4.42 Å². The van der Waals surface area contributed by atoms with Gasteiger partial charge in [-0.15, -0.1) is 0 Å². The predicted molar refractivity (Wildman–Crippen MR) is 79.4 cm³/mol. The molecule has 4 nitrogen and oxygen atoms in total. The van der Waals surface area contributed by atoms with Gasteiger partial charge in [0.2, 0.25) is 0 Å². The minimum absolute atomic E-state index is 0.667. The van der Waals surface area contributed by atoms with Crippen LogP contribution < -0.4 is 5.43 Å². The Labute approximate surface area is 118 Å². The molecular weight excluding hydrogens is 306 g/mol. The molecule has 2 aromatic heterocycles. The SMILES string of the molecule is Brc1ccc(/C=N\Nc2ccc3ccccc3n2)o1. The summed E-state index contributed by atoms with van der Waals surface area (Å²) in [6.07, 6.45) is 1.60. The number of hydrazone groups is 1. The Kier molecular flexibility index (Phi) is 3.29. The first-order valence-corrected chi connectivity index (χ1v) is 6.51. The van der Waals surface area contributed by atoms with Crippen molar-refractivity contribution in [1.29, 1.82) is 0 Å². The maximum atomic E-state index is 5.30. The van der Waals surface area contributed by atoms with Crippen LogP contribution in [0.15, 0.2) is 62.7 Å². The molecule has 0 atom stereocenters. The van der Waals surface area contributed by atoms with Gasteiger partial charge in [0.05, 0.1) is 11.7 Å². The maximum absolute atomic E-state index is 5.30. The van der Waals surface area contributed by atoms with E-state index in [2.05, 4.69) is 31.4 Å². The number of hydrogen-bond donors (Lipinski definition) is 1. The molecule has 1 N–H and O–H groups in total. The third kappa shape index (κ3) is 2.82. The average molecular weight is 316 g/mol. The number of fused-ring (bicyclic) bond motifs is 1. The summed E-state index contributed by atoms with van der Waals surface area (Å²) in [6, 6.07) is 15.5. The zero-order valence-electron chi connectivity index (χ0n) is 9.88. The third-order valence-electron chi connectivity index (χ3n) is 2.56. The molecule has 0 bridgehead atoms. The minimum atomic E-state index is 0.667. The summed E-state index contributed by atoms with van der Waals surface area (Å²) in [5.74, 6) is 1.36. The molecule has 0 saturated heterocycles. The lowest BCUT2D eigenvalue weighted by atomic mass is 10.2. The maximum Gasteiger partial charge on any atom is 0.169 e. The van der Waals surface area contributed by atoms with Crippen LogP contribution in [-0.2, 0) is 0 Å². The Morgan fingerprint density at radius 2 is 2.00 bits per heavy atom. The number of nitrogens with zero attached hydrogens (tertiary/aromatic N) is 2. The number of pyridine rings is 1. The van der Waals surface area contributed by atoms with E-state index >= 15 is 0 Å². The zero-order chi connectivity index (χ0) is 13.1. The van der Waals surface area contributed by atoms with Crippen molar-refractivity contribution in [2.24, 2.45) is 5.10 Å². The average Bonchev–Trinajstić information content (AvgIpc) is 2.84. The standard InChI is InChI=1S/C14H10BrN3O/c15-13-7-6-11(19-13)9-16-18-14-8-5-10-3-1-2-4-12(10)17-14/h1-9H,(H,17,18)/b16-9-. The van der Waals surface area contributed by atoms with Crippen molar-refractivity contribution in [3.05, 3.63) is 59.0 Å². The van der Waals surface area contributed by atoms with Gasteiger partial charge in [-0.3, -0.25) is 5.43 Å². The highest BCUT2D eigenvalue weighted by Crippen LogP contribution is 2.15. The number of anilines is 1. The van der Waals surface area contributed by atoms with E-state index in [1.807, 2.05) is 48.5 Å². The molecule has 0 fully saturated rings. The van der Waals surface area contributed by atoms with Gasteiger partial charge in [0.1, 0.15) is 11.6 Å². The lowest BCUT2D eigenvalue weighted by molar-refractivity contribution is 0.534. The van der Waals surface area contributed by atoms with Crippen molar-refractivity contribution in [1.82, 2.24) is 4.98 Å². The van der Waals surface area contributed by atoms with Crippen LogP contribution in [0.25, 0.3) is 10.9 Å². The number of nitrogens with one attached hydrogen (secondary N) is 1. The van der Waals surface area contributed by atoms with Crippen LogP contribution in [0.4, 0.5) is 5.82 Å². The van der Waals surface area contributed by atoms with E-state index in [0.717, 1.165) is 10.9 Å². The van der Waals surface area contributed by atoms with Crippen LogP contribution in [0.1, 0.15) is 5.76 Å². The second-order valence-electron chi connectivity index (χ2n) is 3.90. The van der Waals surface area contributed by atoms with E-state index in [9.17, 15) is 0 Å². The summed E-state index contributed by atoms with van der Waals surface area (Å²) in [5.41, 5.74) is 3.81. The Morgan fingerprint density at radius 1 is 1.11 bits per heavy atom. The van der Waals surface area contributed by atoms with E-state index in [4.69, 9.17) is 4.42 Å². The van der Waals surface area contributed by atoms with E-state index < -0.39 is 0 Å². The minimum Gasteiger partial charge on any atom is -0.448 e. The number of hydrogen-bond acceptors (Lipinski definition) is 4. The number of benzene rings is 1. The summed E-state index contributed by atoms with van der Waals surface area (Å²) in [5, 5.41) is 5.18.